The van der Waals surface area contributed by atoms with Gasteiger partial charge in [-0.3, -0.25) is 0 Å². The van der Waals surface area contributed by atoms with Gasteiger partial charge in [0.15, 0.2) is 0 Å². The van der Waals surface area contributed by atoms with Crippen LogP contribution in [-0.4, -0.2) is 9.97 Å². The second-order valence-corrected chi connectivity index (χ2v) is 4.10. The summed E-state index contributed by atoms with van der Waals surface area (Å²) in [6, 6.07) is 8.09. The van der Waals surface area contributed by atoms with Gasteiger partial charge >= 0.3 is 0 Å². The van der Waals surface area contributed by atoms with E-state index in [0.29, 0.717) is 6.54 Å². The van der Waals surface area contributed by atoms with Crippen LogP contribution in [0.25, 0.3) is 0 Å². The van der Waals surface area contributed by atoms with E-state index in [4.69, 9.17) is 5.73 Å². The number of rotatable bonds is 3. The Hall–Kier alpha value is -1.39. The van der Waals surface area contributed by atoms with Gasteiger partial charge < -0.3 is 5.73 Å². The lowest BCUT2D eigenvalue weighted by molar-refractivity contribution is 1.02. The number of benzene rings is 1. The molecule has 15 heavy (non-hydrogen) atoms. The van der Waals surface area contributed by atoms with Crippen molar-refractivity contribution in [1.82, 2.24) is 9.97 Å². The molecule has 0 unspecified atom stereocenters. The third-order valence-corrected chi connectivity index (χ3v) is 3.02. The Morgan fingerprint density at radius 3 is 2.60 bits per heavy atom. The molecular formula is C11H11N3S. The second kappa shape index (κ2) is 4.91. The van der Waals surface area contributed by atoms with Gasteiger partial charge in [0.25, 0.3) is 0 Å². The van der Waals surface area contributed by atoms with Crippen LogP contribution in [-0.2, 0) is 6.54 Å². The van der Waals surface area contributed by atoms with Crippen molar-refractivity contribution in [3.63, 3.8) is 0 Å². The lowest BCUT2D eigenvalue weighted by atomic mass is 10.2. The summed E-state index contributed by atoms with van der Waals surface area (Å²) >= 11 is 1.63. The Kier molecular flexibility index (Phi) is 3.32. The van der Waals surface area contributed by atoms with Crippen molar-refractivity contribution in [2.75, 3.05) is 0 Å². The summed E-state index contributed by atoms with van der Waals surface area (Å²) in [6.07, 6.45) is 5.12. The van der Waals surface area contributed by atoms with E-state index >= 15 is 0 Å². The maximum atomic E-state index is 5.66. The third-order valence-electron chi connectivity index (χ3n) is 1.96. The van der Waals surface area contributed by atoms with Crippen LogP contribution in [0.4, 0.5) is 0 Å². The van der Waals surface area contributed by atoms with Crippen molar-refractivity contribution >= 4 is 11.8 Å². The van der Waals surface area contributed by atoms with E-state index in [1.807, 2.05) is 18.2 Å². The molecule has 0 radical (unpaired) electrons. The van der Waals surface area contributed by atoms with E-state index in [1.54, 1.807) is 24.2 Å². The average molecular weight is 217 g/mol. The predicted molar refractivity (Wildman–Crippen MR) is 60.5 cm³/mol. The largest absolute Gasteiger partial charge is 0.326 e. The maximum absolute atomic E-state index is 5.66. The van der Waals surface area contributed by atoms with Crippen LogP contribution >= 0.6 is 11.8 Å². The highest BCUT2D eigenvalue weighted by Gasteiger charge is 2.02. The quantitative estimate of drug-likeness (QED) is 0.855. The Morgan fingerprint density at radius 2 is 1.87 bits per heavy atom. The summed E-state index contributed by atoms with van der Waals surface area (Å²) in [5.74, 6) is 0. The maximum Gasteiger partial charge on any atom is 0.115 e. The second-order valence-electron chi connectivity index (χ2n) is 2.99. The highest BCUT2D eigenvalue weighted by Crippen LogP contribution is 2.28. The van der Waals surface area contributed by atoms with Crippen LogP contribution in [0.1, 0.15) is 5.56 Å². The van der Waals surface area contributed by atoms with Gasteiger partial charge in [-0.15, -0.1) is 0 Å². The Morgan fingerprint density at radius 1 is 1.13 bits per heavy atom. The average Bonchev–Trinajstić information content (AvgIpc) is 2.31. The number of nitrogens with two attached hydrogens (primary N) is 1. The van der Waals surface area contributed by atoms with Crippen molar-refractivity contribution in [3.8, 4) is 0 Å². The normalized spacial score (nSPS) is 10.2. The van der Waals surface area contributed by atoms with Crippen LogP contribution in [0, 0.1) is 0 Å². The molecule has 0 aliphatic carbocycles. The zero-order chi connectivity index (χ0) is 10.5. The first kappa shape index (κ1) is 10.1. The van der Waals surface area contributed by atoms with Gasteiger partial charge in [-0.25, -0.2) is 9.97 Å². The summed E-state index contributed by atoms with van der Waals surface area (Å²) in [7, 11) is 0. The van der Waals surface area contributed by atoms with Crippen LogP contribution in [0.15, 0.2) is 52.8 Å². The fraction of sp³-hybridized carbons (Fsp3) is 0.0909. The van der Waals surface area contributed by atoms with Crippen LogP contribution in [0.5, 0.6) is 0 Å². The predicted octanol–water partition coefficient (Wildman–Crippen LogP) is 2.09. The highest BCUT2D eigenvalue weighted by molar-refractivity contribution is 7.99. The van der Waals surface area contributed by atoms with Crippen LogP contribution in [0.3, 0.4) is 0 Å². The summed E-state index contributed by atoms with van der Waals surface area (Å²) in [4.78, 5) is 10.1. The van der Waals surface area contributed by atoms with Gasteiger partial charge in [0.05, 0.1) is 0 Å². The van der Waals surface area contributed by atoms with Gasteiger partial charge in [0.1, 0.15) is 6.33 Å². The highest BCUT2D eigenvalue weighted by atomic mass is 32.2. The molecule has 2 aromatic rings. The van der Waals surface area contributed by atoms with Crippen LogP contribution < -0.4 is 5.73 Å². The molecule has 76 valence electrons. The van der Waals surface area contributed by atoms with E-state index in [1.165, 1.54) is 6.33 Å². The molecular weight excluding hydrogens is 206 g/mol. The molecule has 4 heteroatoms. The Bertz CT molecular complexity index is 431. The molecule has 0 saturated heterocycles. The molecule has 0 aliphatic heterocycles. The molecule has 2 rings (SSSR count). The van der Waals surface area contributed by atoms with Gasteiger partial charge in [-0.05, 0) is 11.6 Å². The third kappa shape index (κ3) is 2.55. The molecule has 1 aromatic heterocycles. The van der Waals surface area contributed by atoms with Crippen LogP contribution in [0.2, 0.25) is 0 Å². The fourth-order valence-electron chi connectivity index (χ4n) is 1.24. The minimum atomic E-state index is 0.552. The first-order chi connectivity index (χ1) is 7.40. The van der Waals surface area contributed by atoms with E-state index in [0.717, 1.165) is 15.4 Å². The lowest BCUT2D eigenvalue weighted by Gasteiger charge is -2.05. The standard InChI is InChI=1S/C11H11N3S/c12-5-9-3-1-2-4-11(9)15-10-6-13-8-14-7-10/h1-4,6-8H,5,12H2. The Labute approximate surface area is 92.8 Å². The molecule has 0 saturated carbocycles. The number of hydrogen-bond acceptors (Lipinski definition) is 4. The fourth-order valence-corrected chi connectivity index (χ4v) is 2.15. The number of aromatic nitrogens is 2. The lowest BCUT2D eigenvalue weighted by Crippen LogP contribution is -1.97. The summed E-state index contributed by atoms with van der Waals surface area (Å²) in [6.45, 7) is 0.552. The SMILES string of the molecule is NCc1ccccc1Sc1cncnc1. The molecule has 0 spiro atoms. The van der Waals surface area contributed by atoms with E-state index in [9.17, 15) is 0 Å². The van der Waals surface area contributed by atoms with E-state index in [-0.39, 0.29) is 0 Å². The molecule has 0 bridgehead atoms. The summed E-state index contributed by atoms with van der Waals surface area (Å²) in [5.41, 5.74) is 6.80. The van der Waals surface area contributed by atoms with Gasteiger partial charge in [-0.2, -0.15) is 0 Å². The molecule has 0 fully saturated rings. The summed E-state index contributed by atoms with van der Waals surface area (Å²) < 4.78 is 0. The van der Waals surface area contributed by atoms with Crippen molar-refractivity contribution < 1.29 is 0 Å². The molecule has 0 aliphatic rings. The molecule has 2 N–H and O–H groups in total. The van der Waals surface area contributed by atoms with E-state index < -0.39 is 0 Å². The molecule has 1 heterocycles. The molecule has 0 atom stereocenters. The minimum Gasteiger partial charge on any atom is -0.326 e. The zero-order valence-corrected chi connectivity index (χ0v) is 8.95. The van der Waals surface area contributed by atoms with Crippen molar-refractivity contribution in [2.45, 2.75) is 16.3 Å². The zero-order valence-electron chi connectivity index (χ0n) is 8.13. The van der Waals surface area contributed by atoms with Gasteiger partial charge in [0.2, 0.25) is 0 Å². The molecule has 3 nitrogen and oxygen atoms in total. The number of hydrogen-bond donors (Lipinski definition) is 1. The van der Waals surface area contributed by atoms with Gasteiger partial charge in [-0.1, -0.05) is 30.0 Å². The Balaban J connectivity index is 2.24. The van der Waals surface area contributed by atoms with Crippen molar-refractivity contribution in [3.05, 3.63) is 48.5 Å². The van der Waals surface area contributed by atoms with Gasteiger partial charge in [0, 0.05) is 28.7 Å². The monoisotopic (exact) mass is 217 g/mol. The van der Waals surface area contributed by atoms with Crippen molar-refractivity contribution in [1.29, 1.82) is 0 Å². The van der Waals surface area contributed by atoms with E-state index in [2.05, 4.69) is 16.0 Å². The molecule has 0 amide bonds. The smallest absolute Gasteiger partial charge is 0.115 e. The first-order valence-corrected chi connectivity index (χ1v) is 5.42. The summed E-state index contributed by atoms with van der Waals surface area (Å²) in [5, 5.41) is 0. The first-order valence-electron chi connectivity index (χ1n) is 4.61. The minimum absolute atomic E-state index is 0.552. The topological polar surface area (TPSA) is 51.8 Å². The molecule has 1 aromatic carbocycles. The number of nitrogens with zero attached hydrogens (tertiary/aromatic N) is 2. The van der Waals surface area contributed by atoms with Crippen molar-refractivity contribution in [2.24, 2.45) is 5.73 Å².